The third-order valence-corrected chi connectivity index (χ3v) is 4.41. The van der Waals surface area contributed by atoms with Crippen LogP contribution in [0.1, 0.15) is 18.1 Å². The third-order valence-electron chi connectivity index (χ3n) is 3.01. The Balaban J connectivity index is 2.31. The van der Waals surface area contributed by atoms with E-state index in [4.69, 9.17) is 5.21 Å². The lowest BCUT2D eigenvalue weighted by molar-refractivity contribution is 0.319. The molecule has 0 radical (unpaired) electrons. The van der Waals surface area contributed by atoms with Crippen LogP contribution < -0.4 is 4.72 Å². The average Bonchev–Trinajstić information content (AvgIpc) is 2.46. The summed E-state index contributed by atoms with van der Waals surface area (Å²) in [4.78, 5) is 0.200. The standard InChI is InChI=1S/C15H16N2O3S/c1-11-6-8-15(9-7-11)21(19,20)17-14-5-3-4-13(10-14)12(2)16-18/h3-10,17-18H,1-2H3/b16-12+. The number of oxime groups is 1. The summed E-state index contributed by atoms with van der Waals surface area (Å²) in [5.74, 6) is 0. The molecule has 2 aromatic carbocycles. The van der Waals surface area contributed by atoms with Crippen LogP contribution in [0.5, 0.6) is 0 Å². The van der Waals surface area contributed by atoms with Crippen molar-refractivity contribution in [2.75, 3.05) is 4.72 Å². The molecule has 0 heterocycles. The predicted molar refractivity (Wildman–Crippen MR) is 82.4 cm³/mol. The summed E-state index contributed by atoms with van der Waals surface area (Å²) in [6.07, 6.45) is 0. The zero-order chi connectivity index (χ0) is 15.5. The van der Waals surface area contributed by atoms with Gasteiger partial charge < -0.3 is 5.21 Å². The van der Waals surface area contributed by atoms with Gasteiger partial charge in [-0.15, -0.1) is 0 Å². The van der Waals surface area contributed by atoms with Crippen molar-refractivity contribution in [3.8, 4) is 0 Å². The summed E-state index contributed by atoms with van der Waals surface area (Å²) >= 11 is 0. The van der Waals surface area contributed by atoms with Crippen molar-refractivity contribution in [1.29, 1.82) is 0 Å². The molecule has 110 valence electrons. The van der Waals surface area contributed by atoms with Crippen LogP contribution >= 0.6 is 0 Å². The minimum atomic E-state index is -3.63. The van der Waals surface area contributed by atoms with E-state index < -0.39 is 10.0 Å². The van der Waals surface area contributed by atoms with E-state index in [1.54, 1.807) is 55.5 Å². The fourth-order valence-electron chi connectivity index (χ4n) is 1.80. The number of nitrogens with one attached hydrogen (secondary N) is 1. The Morgan fingerprint density at radius 3 is 2.43 bits per heavy atom. The minimum absolute atomic E-state index is 0.200. The van der Waals surface area contributed by atoms with Crippen molar-refractivity contribution in [2.24, 2.45) is 5.16 Å². The molecule has 0 aromatic heterocycles. The minimum Gasteiger partial charge on any atom is -0.411 e. The van der Waals surface area contributed by atoms with Crippen LogP contribution in [0.2, 0.25) is 0 Å². The summed E-state index contributed by atoms with van der Waals surface area (Å²) in [5, 5.41) is 11.9. The molecule has 2 N–H and O–H groups in total. The summed E-state index contributed by atoms with van der Waals surface area (Å²) in [7, 11) is -3.63. The Hall–Kier alpha value is -2.34. The van der Waals surface area contributed by atoms with Crippen molar-refractivity contribution in [1.82, 2.24) is 0 Å². The first-order chi connectivity index (χ1) is 9.92. The molecule has 0 saturated carbocycles. The van der Waals surface area contributed by atoms with Gasteiger partial charge in [0.05, 0.1) is 10.6 Å². The number of anilines is 1. The van der Waals surface area contributed by atoms with E-state index >= 15 is 0 Å². The van der Waals surface area contributed by atoms with Crippen molar-refractivity contribution < 1.29 is 13.6 Å². The monoisotopic (exact) mass is 304 g/mol. The number of hydrogen-bond acceptors (Lipinski definition) is 4. The van der Waals surface area contributed by atoms with Crippen LogP contribution in [0.4, 0.5) is 5.69 Å². The van der Waals surface area contributed by atoms with E-state index in [1.807, 2.05) is 6.92 Å². The van der Waals surface area contributed by atoms with Gasteiger partial charge in [-0.2, -0.15) is 0 Å². The molecule has 0 unspecified atom stereocenters. The van der Waals surface area contributed by atoms with Crippen LogP contribution in [0.15, 0.2) is 58.6 Å². The molecule has 21 heavy (non-hydrogen) atoms. The number of rotatable bonds is 4. The molecular formula is C15H16N2O3S. The average molecular weight is 304 g/mol. The van der Waals surface area contributed by atoms with Gasteiger partial charge in [-0.1, -0.05) is 35.0 Å². The second-order valence-electron chi connectivity index (χ2n) is 4.68. The molecule has 0 bridgehead atoms. The Morgan fingerprint density at radius 2 is 1.81 bits per heavy atom. The van der Waals surface area contributed by atoms with Crippen molar-refractivity contribution in [2.45, 2.75) is 18.7 Å². The first-order valence-electron chi connectivity index (χ1n) is 6.31. The van der Waals surface area contributed by atoms with Crippen molar-refractivity contribution >= 4 is 21.4 Å². The highest BCUT2D eigenvalue weighted by Crippen LogP contribution is 2.18. The van der Waals surface area contributed by atoms with Gasteiger partial charge in [-0.25, -0.2) is 8.42 Å². The molecule has 0 aliphatic carbocycles. The number of aryl methyl sites for hydroxylation is 1. The second kappa shape index (κ2) is 5.97. The van der Waals surface area contributed by atoms with Gasteiger partial charge in [0.2, 0.25) is 0 Å². The van der Waals surface area contributed by atoms with Crippen LogP contribution in [0.3, 0.4) is 0 Å². The van der Waals surface area contributed by atoms with Crippen LogP contribution in [-0.4, -0.2) is 19.3 Å². The zero-order valence-corrected chi connectivity index (χ0v) is 12.6. The molecule has 6 heteroatoms. The van der Waals surface area contributed by atoms with Crippen LogP contribution in [-0.2, 0) is 10.0 Å². The molecule has 2 aromatic rings. The quantitative estimate of drug-likeness (QED) is 0.518. The second-order valence-corrected chi connectivity index (χ2v) is 6.37. The van der Waals surface area contributed by atoms with Crippen molar-refractivity contribution in [3.05, 3.63) is 59.7 Å². The maximum absolute atomic E-state index is 12.3. The third kappa shape index (κ3) is 3.61. The highest BCUT2D eigenvalue weighted by atomic mass is 32.2. The van der Waals surface area contributed by atoms with Gasteiger partial charge in [0, 0.05) is 11.3 Å². The maximum Gasteiger partial charge on any atom is 0.261 e. The normalized spacial score (nSPS) is 12.2. The van der Waals surface area contributed by atoms with Gasteiger partial charge in [-0.3, -0.25) is 4.72 Å². The molecule has 0 fully saturated rings. The fraction of sp³-hybridized carbons (Fsp3) is 0.133. The highest BCUT2D eigenvalue weighted by Gasteiger charge is 2.14. The first-order valence-corrected chi connectivity index (χ1v) is 7.79. The molecule has 5 nitrogen and oxygen atoms in total. The Kier molecular flexibility index (Phi) is 4.28. The van der Waals surface area contributed by atoms with Crippen LogP contribution in [0.25, 0.3) is 0 Å². The van der Waals surface area contributed by atoms with E-state index in [1.165, 1.54) is 0 Å². The number of benzene rings is 2. The van der Waals surface area contributed by atoms with Crippen molar-refractivity contribution in [3.63, 3.8) is 0 Å². The smallest absolute Gasteiger partial charge is 0.261 e. The topological polar surface area (TPSA) is 78.8 Å². The first kappa shape index (κ1) is 15.1. The summed E-state index contributed by atoms with van der Waals surface area (Å²) in [6.45, 7) is 3.53. The molecule has 0 aliphatic heterocycles. The zero-order valence-electron chi connectivity index (χ0n) is 11.7. The Morgan fingerprint density at radius 1 is 1.14 bits per heavy atom. The fourth-order valence-corrected chi connectivity index (χ4v) is 2.85. The molecule has 0 amide bonds. The van der Waals surface area contributed by atoms with Gasteiger partial charge >= 0.3 is 0 Å². The van der Waals surface area contributed by atoms with E-state index in [2.05, 4.69) is 9.88 Å². The highest BCUT2D eigenvalue weighted by molar-refractivity contribution is 7.92. The van der Waals surface area contributed by atoms with E-state index in [0.29, 0.717) is 17.0 Å². The van der Waals surface area contributed by atoms with E-state index in [9.17, 15) is 8.42 Å². The summed E-state index contributed by atoms with van der Waals surface area (Å²) in [5.41, 5.74) is 2.45. The number of sulfonamides is 1. The molecule has 0 spiro atoms. The SMILES string of the molecule is C/C(=N\O)c1cccc(NS(=O)(=O)c2ccc(C)cc2)c1. The Bertz CT molecular complexity index is 766. The lowest BCUT2D eigenvalue weighted by Gasteiger charge is -2.09. The van der Waals surface area contributed by atoms with E-state index in [0.717, 1.165) is 5.56 Å². The van der Waals surface area contributed by atoms with Gasteiger partial charge in [-0.05, 0) is 38.1 Å². The Labute approximate surface area is 124 Å². The molecule has 0 atom stereocenters. The molecule has 0 saturated heterocycles. The lowest BCUT2D eigenvalue weighted by Crippen LogP contribution is -2.13. The van der Waals surface area contributed by atoms with Gasteiger partial charge in [0.1, 0.15) is 0 Å². The van der Waals surface area contributed by atoms with Gasteiger partial charge in [0.25, 0.3) is 10.0 Å². The predicted octanol–water partition coefficient (Wildman–Crippen LogP) is 2.99. The largest absolute Gasteiger partial charge is 0.411 e. The number of hydrogen-bond donors (Lipinski definition) is 2. The lowest BCUT2D eigenvalue weighted by atomic mass is 10.1. The number of nitrogens with zero attached hydrogens (tertiary/aromatic N) is 1. The molecule has 0 aliphatic rings. The van der Waals surface area contributed by atoms with E-state index in [-0.39, 0.29) is 4.90 Å². The van der Waals surface area contributed by atoms with Crippen LogP contribution in [0, 0.1) is 6.92 Å². The molecule has 2 rings (SSSR count). The van der Waals surface area contributed by atoms with Gasteiger partial charge in [0.15, 0.2) is 0 Å². The maximum atomic E-state index is 12.3. The summed E-state index contributed by atoms with van der Waals surface area (Å²) in [6, 6.07) is 13.3. The molecular weight excluding hydrogens is 288 g/mol. The summed E-state index contributed by atoms with van der Waals surface area (Å²) < 4.78 is 27.1.